The summed E-state index contributed by atoms with van der Waals surface area (Å²) in [6, 6.07) is 24.2. The number of thioether (sulfide) groups is 1. The summed E-state index contributed by atoms with van der Waals surface area (Å²) in [5.74, 6) is 1.98. The highest BCUT2D eigenvalue weighted by atomic mass is 32.2. The summed E-state index contributed by atoms with van der Waals surface area (Å²) in [6.45, 7) is 2.08. The number of ether oxygens (including phenoxy) is 2. The van der Waals surface area contributed by atoms with E-state index in [0.29, 0.717) is 16.7 Å². The number of hydrogen-bond acceptors (Lipinski definition) is 7. The van der Waals surface area contributed by atoms with Crippen LogP contribution in [0.2, 0.25) is 0 Å². The summed E-state index contributed by atoms with van der Waals surface area (Å²) in [7, 11) is 1.65. The Morgan fingerprint density at radius 2 is 1.84 bits per heavy atom. The standard InChI is InChI=1S/C25H22N4O2S/c1-16-10-12-17(13-11-16)15-32-25-27-24-22(28-29-25)20-8-3-4-9-21(20)26-23(31-24)18-6-5-7-19(14-18)30-2/h3-14,23,26H,15H2,1-2H3/t23-/m0/s1. The van der Waals surface area contributed by atoms with Crippen molar-refractivity contribution in [2.45, 2.75) is 24.1 Å². The fourth-order valence-corrected chi connectivity index (χ4v) is 4.23. The van der Waals surface area contributed by atoms with Crippen LogP contribution in [0.1, 0.15) is 22.9 Å². The van der Waals surface area contributed by atoms with Gasteiger partial charge in [0.1, 0.15) is 5.75 Å². The highest BCUT2D eigenvalue weighted by molar-refractivity contribution is 7.98. The first-order chi connectivity index (χ1) is 15.7. The van der Waals surface area contributed by atoms with Crippen molar-refractivity contribution in [3.8, 4) is 22.9 Å². The van der Waals surface area contributed by atoms with Crippen molar-refractivity contribution < 1.29 is 9.47 Å². The van der Waals surface area contributed by atoms with Crippen LogP contribution in [0, 0.1) is 6.92 Å². The summed E-state index contributed by atoms with van der Waals surface area (Å²) >= 11 is 1.54. The molecule has 1 N–H and O–H groups in total. The molecule has 0 saturated heterocycles. The number of nitrogens with one attached hydrogen (secondary N) is 1. The molecule has 0 bridgehead atoms. The van der Waals surface area contributed by atoms with Gasteiger partial charge in [-0.15, -0.1) is 10.2 Å². The Labute approximate surface area is 191 Å². The molecular weight excluding hydrogens is 420 g/mol. The van der Waals surface area contributed by atoms with Gasteiger partial charge in [-0.3, -0.25) is 0 Å². The van der Waals surface area contributed by atoms with Gasteiger partial charge in [-0.05, 0) is 30.7 Å². The predicted molar refractivity (Wildman–Crippen MR) is 126 cm³/mol. The van der Waals surface area contributed by atoms with Gasteiger partial charge < -0.3 is 14.8 Å². The molecule has 5 rings (SSSR count). The van der Waals surface area contributed by atoms with Gasteiger partial charge >= 0.3 is 0 Å². The summed E-state index contributed by atoms with van der Waals surface area (Å²) in [4.78, 5) is 4.72. The summed E-state index contributed by atoms with van der Waals surface area (Å²) < 4.78 is 11.7. The maximum atomic E-state index is 6.34. The number of anilines is 1. The molecule has 7 heteroatoms. The molecule has 160 valence electrons. The normalized spacial score (nSPS) is 14.4. The summed E-state index contributed by atoms with van der Waals surface area (Å²) in [6.07, 6.45) is -0.445. The van der Waals surface area contributed by atoms with Gasteiger partial charge in [-0.2, -0.15) is 4.98 Å². The maximum Gasteiger partial charge on any atom is 0.247 e. The van der Waals surface area contributed by atoms with E-state index in [0.717, 1.165) is 28.3 Å². The van der Waals surface area contributed by atoms with E-state index in [-0.39, 0.29) is 0 Å². The second kappa shape index (κ2) is 8.88. The van der Waals surface area contributed by atoms with Crippen LogP contribution in [0.25, 0.3) is 11.3 Å². The van der Waals surface area contributed by atoms with Crippen molar-refractivity contribution >= 4 is 17.4 Å². The van der Waals surface area contributed by atoms with Gasteiger partial charge in [-0.1, -0.05) is 71.9 Å². The van der Waals surface area contributed by atoms with Gasteiger partial charge in [0.05, 0.1) is 7.11 Å². The van der Waals surface area contributed by atoms with Gasteiger partial charge in [-0.25, -0.2) is 0 Å². The monoisotopic (exact) mass is 442 g/mol. The Morgan fingerprint density at radius 3 is 2.69 bits per heavy atom. The average Bonchev–Trinajstić information content (AvgIpc) is 3.00. The molecule has 0 saturated carbocycles. The molecule has 0 radical (unpaired) electrons. The van der Waals surface area contributed by atoms with E-state index in [1.165, 1.54) is 22.9 Å². The van der Waals surface area contributed by atoms with Crippen LogP contribution in [-0.4, -0.2) is 22.3 Å². The number of hydrogen-bond donors (Lipinski definition) is 1. The second-order valence-electron chi connectivity index (χ2n) is 7.49. The van der Waals surface area contributed by atoms with Crippen molar-refractivity contribution in [2.75, 3.05) is 12.4 Å². The average molecular weight is 443 g/mol. The third kappa shape index (κ3) is 4.24. The molecule has 1 aliphatic heterocycles. The first-order valence-corrected chi connectivity index (χ1v) is 11.3. The van der Waals surface area contributed by atoms with E-state index in [4.69, 9.17) is 14.5 Å². The molecule has 0 fully saturated rings. The first-order valence-electron chi connectivity index (χ1n) is 10.3. The van der Waals surface area contributed by atoms with Crippen LogP contribution in [0.5, 0.6) is 11.6 Å². The van der Waals surface area contributed by atoms with Crippen molar-refractivity contribution in [3.05, 3.63) is 89.5 Å². The van der Waals surface area contributed by atoms with E-state index in [1.807, 2.05) is 48.5 Å². The van der Waals surface area contributed by atoms with Crippen LogP contribution in [-0.2, 0) is 5.75 Å². The molecule has 4 aromatic rings. The van der Waals surface area contributed by atoms with Gasteiger partial charge in [0.25, 0.3) is 0 Å². The highest BCUT2D eigenvalue weighted by Gasteiger charge is 2.26. The zero-order valence-corrected chi connectivity index (χ0v) is 18.6. The molecule has 6 nitrogen and oxygen atoms in total. The number of benzene rings is 3. The third-order valence-corrected chi connectivity index (χ3v) is 6.13. The highest BCUT2D eigenvalue weighted by Crippen LogP contribution is 2.40. The summed E-state index contributed by atoms with van der Waals surface area (Å²) in [5, 5.41) is 12.9. The van der Waals surface area contributed by atoms with E-state index >= 15 is 0 Å². The fraction of sp³-hybridized carbons (Fsp3) is 0.160. The number of nitrogens with zero attached hydrogens (tertiary/aromatic N) is 3. The zero-order valence-electron chi connectivity index (χ0n) is 17.8. The van der Waals surface area contributed by atoms with Crippen molar-refractivity contribution in [2.24, 2.45) is 0 Å². The Bertz CT molecular complexity index is 1250. The Balaban J connectivity index is 1.48. The predicted octanol–water partition coefficient (Wildman–Crippen LogP) is 5.65. The van der Waals surface area contributed by atoms with Crippen molar-refractivity contribution in [1.29, 1.82) is 0 Å². The van der Waals surface area contributed by atoms with E-state index < -0.39 is 6.23 Å². The minimum absolute atomic E-state index is 0.445. The van der Waals surface area contributed by atoms with Crippen LogP contribution in [0.4, 0.5) is 5.69 Å². The van der Waals surface area contributed by atoms with Crippen LogP contribution < -0.4 is 14.8 Å². The first kappa shape index (κ1) is 20.3. The number of rotatable bonds is 5. The molecule has 2 heterocycles. The second-order valence-corrected chi connectivity index (χ2v) is 8.43. The quantitative estimate of drug-likeness (QED) is 0.401. The molecule has 32 heavy (non-hydrogen) atoms. The topological polar surface area (TPSA) is 69.2 Å². The molecule has 1 atom stereocenters. The van der Waals surface area contributed by atoms with Crippen molar-refractivity contribution in [3.63, 3.8) is 0 Å². The molecule has 3 aromatic carbocycles. The molecule has 1 aromatic heterocycles. The number of para-hydroxylation sites is 1. The minimum atomic E-state index is -0.445. The Morgan fingerprint density at radius 1 is 1.00 bits per heavy atom. The van der Waals surface area contributed by atoms with Gasteiger partial charge in [0.2, 0.25) is 11.0 Å². The zero-order chi connectivity index (χ0) is 21.9. The Hall–Kier alpha value is -3.58. The van der Waals surface area contributed by atoms with Crippen LogP contribution in [0.3, 0.4) is 0 Å². The molecule has 0 amide bonds. The van der Waals surface area contributed by atoms with Gasteiger partial charge in [0, 0.05) is 22.6 Å². The maximum absolute atomic E-state index is 6.34. The fourth-order valence-electron chi connectivity index (χ4n) is 3.50. The smallest absolute Gasteiger partial charge is 0.247 e. The van der Waals surface area contributed by atoms with E-state index in [1.54, 1.807) is 7.11 Å². The number of methoxy groups -OCH3 is 1. The molecule has 0 unspecified atom stereocenters. The molecular formula is C25H22N4O2S. The summed E-state index contributed by atoms with van der Waals surface area (Å²) in [5.41, 5.74) is 5.82. The number of aromatic nitrogens is 3. The number of fused-ring (bicyclic) bond motifs is 3. The Kier molecular flexibility index (Phi) is 5.64. The molecule has 0 spiro atoms. The van der Waals surface area contributed by atoms with Crippen LogP contribution in [0.15, 0.2) is 78.0 Å². The van der Waals surface area contributed by atoms with Gasteiger partial charge in [0.15, 0.2) is 11.9 Å². The molecule has 1 aliphatic rings. The largest absolute Gasteiger partial charge is 0.497 e. The lowest BCUT2D eigenvalue weighted by Gasteiger charge is -2.19. The lowest BCUT2D eigenvalue weighted by Crippen LogP contribution is -2.17. The van der Waals surface area contributed by atoms with Crippen molar-refractivity contribution in [1.82, 2.24) is 15.2 Å². The lowest BCUT2D eigenvalue weighted by atomic mass is 10.1. The van der Waals surface area contributed by atoms with E-state index in [2.05, 4.69) is 46.7 Å². The van der Waals surface area contributed by atoms with Crippen LogP contribution >= 0.6 is 11.8 Å². The minimum Gasteiger partial charge on any atom is -0.497 e. The molecule has 0 aliphatic carbocycles. The lowest BCUT2D eigenvalue weighted by molar-refractivity contribution is 0.224. The number of aryl methyl sites for hydroxylation is 1. The SMILES string of the molecule is COc1cccc([C@H]2Nc3ccccc3-c3nnc(SCc4ccc(C)cc4)nc3O2)c1. The third-order valence-electron chi connectivity index (χ3n) is 5.22. The van der Waals surface area contributed by atoms with E-state index in [9.17, 15) is 0 Å².